The first-order valence-electron chi connectivity index (χ1n) is 10.7. The van der Waals surface area contributed by atoms with E-state index in [2.05, 4.69) is 10.6 Å². The number of anilines is 2. The lowest BCUT2D eigenvalue weighted by atomic mass is 9.91. The van der Waals surface area contributed by atoms with Gasteiger partial charge in [-0.2, -0.15) is 0 Å². The standard InChI is InChI=1S/C23H29N5O3/c1-26(2)19(18-7-5-10-27(18)3)14-24-22(30)23(31)25-17-12-15-6-4-11-28-20(29)9-8-16(13-17)21(15)28/h5,7,10,12-13,19H,4,6,8-9,11,14H2,1-3H3,(H,24,30)(H,25,31). The molecule has 0 bridgehead atoms. The normalized spacial score (nSPS) is 16.1. The molecule has 0 saturated heterocycles. The summed E-state index contributed by atoms with van der Waals surface area (Å²) in [7, 11) is 5.84. The highest BCUT2D eigenvalue weighted by molar-refractivity contribution is 6.39. The molecule has 0 spiro atoms. The van der Waals surface area contributed by atoms with E-state index in [1.165, 1.54) is 0 Å². The summed E-state index contributed by atoms with van der Waals surface area (Å²) in [5, 5.41) is 5.50. The number of carbonyl (C=O) groups excluding carboxylic acids is 3. The minimum Gasteiger partial charge on any atom is -0.353 e. The summed E-state index contributed by atoms with van der Waals surface area (Å²) in [6.07, 6.45) is 4.87. The Balaban J connectivity index is 1.43. The smallest absolute Gasteiger partial charge is 0.313 e. The molecule has 3 heterocycles. The van der Waals surface area contributed by atoms with Crippen molar-refractivity contribution in [1.82, 2.24) is 14.8 Å². The van der Waals surface area contributed by atoms with Crippen LogP contribution >= 0.6 is 0 Å². The number of hydrogen-bond acceptors (Lipinski definition) is 4. The molecular weight excluding hydrogens is 394 g/mol. The van der Waals surface area contributed by atoms with Gasteiger partial charge in [-0.05, 0) is 68.8 Å². The van der Waals surface area contributed by atoms with E-state index in [0.717, 1.165) is 41.9 Å². The lowest BCUT2D eigenvalue weighted by molar-refractivity contribution is -0.136. The highest BCUT2D eigenvalue weighted by Crippen LogP contribution is 2.37. The van der Waals surface area contributed by atoms with Crippen LogP contribution in [0.15, 0.2) is 30.5 Å². The second kappa shape index (κ2) is 8.55. The van der Waals surface area contributed by atoms with Gasteiger partial charge in [-0.1, -0.05) is 0 Å². The molecule has 1 unspecified atom stereocenters. The molecule has 2 N–H and O–H groups in total. The van der Waals surface area contributed by atoms with Crippen molar-refractivity contribution in [3.8, 4) is 0 Å². The first-order valence-corrected chi connectivity index (χ1v) is 10.7. The number of carbonyl (C=O) groups is 3. The molecule has 1 aromatic heterocycles. The molecule has 3 amide bonds. The Bertz CT molecular complexity index is 1010. The van der Waals surface area contributed by atoms with Crippen molar-refractivity contribution >= 4 is 29.1 Å². The highest BCUT2D eigenvalue weighted by atomic mass is 16.2. The van der Waals surface area contributed by atoms with Crippen LogP contribution in [0.3, 0.4) is 0 Å². The minimum absolute atomic E-state index is 0.0477. The molecule has 0 aliphatic carbocycles. The number of nitrogens with one attached hydrogen (secondary N) is 2. The van der Waals surface area contributed by atoms with Crippen LogP contribution in [0.5, 0.6) is 0 Å². The zero-order valence-corrected chi connectivity index (χ0v) is 18.3. The van der Waals surface area contributed by atoms with E-state index < -0.39 is 11.8 Å². The zero-order chi connectivity index (χ0) is 22.1. The summed E-state index contributed by atoms with van der Waals surface area (Å²) in [5.74, 6) is -1.18. The third kappa shape index (κ3) is 4.20. The van der Waals surface area contributed by atoms with E-state index in [0.29, 0.717) is 25.1 Å². The number of amides is 3. The van der Waals surface area contributed by atoms with Gasteiger partial charge >= 0.3 is 11.8 Å². The van der Waals surface area contributed by atoms with Crippen LogP contribution in [0.2, 0.25) is 0 Å². The van der Waals surface area contributed by atoms with Crippen molar-refractivity contribution in [2.24, 2.45) is 7.05 Å². The van der Waals surface area contributed by atoms with Gasteiger partial charge in [0.2, 0.25) is 5.91 Å². The van der Waals surface area contributed by atoms with Gasteiger partial charge in [0, 0.05) is 44.1 Å². The molecule has 1 atom stereocenters. The van der Waals surface area contributed by atoms with Crippen LogP contribution < -0.4 is 15.5 Å². The quantitative estimate of drug-likeness (QED) is 0.716. The molecule has 0 saturated carbocycles. The largest absolute Gasteiger partial charge is 0.353 e. The van der Waals surface area contributed by atoms with Crippen LogP contribution in [0.4, 0.5) is 11.4 Å². The Morgan fingerprint density at radius 2 is 1.87 bits per heavy atom. The third-order valence-corrected chi connectivity index (χ3v) is 6.14. The molecule has 0 radical (unpaired) electrons. The van der Waals surface area contributed by atoms with E-state index in [1.807, 2.05) is 66.0 Å². The number of nitrogens with zero attached hydrogens (tertiary/aromatic N) is 3. The van der Waals surface area contributed by atoms with Gasteiger partial charge in [0.05, 0.1) is 11.7 Å². The van der Waals surface area contributed by atoms with Crippen molar-refractivity contribution in [3.63, 3.8) is 0 Å². The van der Waals surface area contributed by atoms with Gasteiger partial charge in [0.15, 0.2) is 0 Å². The third-order valence-electron chi connectivity index (χ3n) is 6.14. The molecule has 2 aliphatic heterocycles. The van der Waals surface area contributed by atoms with E-state index in [-0.39, 0.29) is 11.9 Å². The number of aromatic nitrogens is 1. The average Bonchev–Trinajstić information content (AvgIpc) is 3.16. The van der Waals surface area contributed by atoms with E-state index in [1.54, 1.807) is 0 Å². The summed E-state index contributed by atoms with van der Waals surface area (Å²) in [6, 6.07) is 7.69. The highest BCUT2D eigenvalue weighted by Gasteiger charge is 2.30. The molecule has 8 heteroatoms. The topological polar surface area (TPSA) is 86.7 Å². The summed E-state index contributed by atoms with van der Waals surface area (Å²) < 4.78 is 2.00. The van der Waals surface area contributed by atoms with Gasteiger partial charge < -0.3 is 20.1 Å². The number of likely N-dealkylation sites (N-methyl/N-ethyl adjacent to an activating group) is 1. The minimum atomic E-state index is -0.684. The second-order valence-corrected chi connectivity index (χ2v) is 8.48. The number of benzene rings is 1. The number of hydrogen-bond donors (Lipinski definition) is 2. The van der Waals surface area contributed by atoms with Crippen molar-refractivity contribution in [2.45, 2.75) is 31.7 Å². The molecule has 4 rings (SSSR count). The Morgan fingerprint density at radius 3 is 2.55 bits per heavy atom. The van der Waals surface area contributed by atoms with Crippen LogP contribution in [0, 0.1) is 0 Å². The van der Waals surface area contributed by atoms with Gasteiger partial charge in [-0.25, -0.2) is 0 Å². The zero-order valence-electron chi connectivity index (χ0n) is 18.3. The van der Waals surface area contributed by atoms with E-state index in [4.69, 9.17) is 0 Å². The average molecular weight is 424 g/mol. The van der Waals surface area contributed by atoms with Crippen LogP contribution in [0.25, 0.3) is 0 Å². The number of rotatable bonds is 5. The lowest BCUT2D eigenvalue weighted by Crippen LogP contribution is -2.41. The first-order chi connectivity index (χ1) is 14.8. The lowest BCUT2D eigenvalue weighted by Gasteiger charge is -2.35. The predicted octanol–water partition coefficient (Wildman–Crippen LogP) is 1.61. The monoisotopic (exact) mass is 423 g/mol. The maximum absolute atomic E-state index is 12.5. The molecular formula is C23H29N5O3. The molecule has 31 heavy (non-hydrogen) atoms. The maximum atomic E-state index is 12.5. The fraction of sp³-hybridized carbons (Fsp3) is 0.435. The Kier molecular flexibility index (Phi) is 5.82. The molecule has 2 aromatic rings. The first kappa shape index (κ1) is 21.1. The molecule has 1 aromatic carbocycles. The van der Waals surface area contributed by atoms with Gasteiger partial charge in [0.25, 0.3) is 0 Å². The SMILES string of the molecule is CN(C)C(CNC(=O)C(=O)Nc1cc2c3c(c1)CCC(=O)N3CCC2)c1cccn1C. The van der Waals surface area contributed by atoms with E-state index >= 15 is 0 Å². The summed E-state index contributed by atoms with van der Waals surface area (Å²) in [5.41, 5.74) is 4.78. The summed E-state index contributed by atoms with van der Waals surface area (Å²) in [4.78, 5) is 41.1. The van der Waals surface area contributed by atoms with E-state index in [9.17, 15) is 14.4 Å². The fourth-order valence-electron chi connectivity index (χ4n) is 4.56. The van der Waals surface area contributed by atoms with Gasteiger partial charge in [-0.15, -0.1) is 0 Å². The van der Waals surface area contributed by atoms with Crippen LogP contribution in [0.1, 0.15) is 35.7 Å². The fourth-order valence-corrected chi connectivity index (χ4v) is 4.56. The van der Waals surface area contributed by atoms with Crippen LogP contribution in [-0.4, -0.2) is 54.4 Å². The second-order valence-electron chi connectivity index (χ2n) is 8.48. The van der Waals surface area contributed by atoms with Gasteiger partial charge in [-0.3, -0.25) is 19.3 Å². The Hall–Kier alpha value is -3.13. The Labute approximate surface area is 182 Å². The van der Waals surface area contributed by atoms with Crippen molar-refractivity contribution in [3.05, 3.63) is 47.3 Å². The maximum Gasteiger partial charge on any atom is 0.313 e. The summed E-state index contributed by atoms with van der Waals surface area (Å²) >= 11 is 0. The molecule has 0 fully saturated rings. The van der Waals surface area contributed by atoms with Gasteiger partial charge in [0.1, 0.15) is 0 Å². The molecule has 2 aliphatic rings. The number of aryl methyl sites for hydroxylation is 3. The predicted molar refractivity (Wildman–Crippen MR) is 119 cm³/mol. The molecule has 8 nitrogen and oxygen atoms in total. The molecule has 164 valence electrons. The van der Waals surface area contributed by atoms with Crippen LogP contribution in [-0.2, 0) is 34.3 Å². The van der Waals surface area contributed by atoms with Crippen molar-refractivity contribution in [1.29, 1.82) is 0 Å². The summed E-state index contributed by atoms with van der Waals surface area (Å²) in [6.45, 7) is 1.07. The van der Waals surface area contributed by atoms with Crippen molar-refractivity contribution < 1.29 is 14.4 Å². The van der Waals surface area contributed by atoms with Crippen molar-refractivity contribution in [2.75, 3.05) is 37.4 Å². The Morgan fingerprint density at radius 1 is 1.13 bits per heavy atom.